The van der Waals surface area contributed by atoms with E-state index in [4.69, 9.17) is 4.74 Å². The van der Waals surface area contributed by atoms with Gasteiger partial charge < -0.3 is 15.0 Å². The Bertz CT molecular complexity index is 1150. The van der Waals surface area contributed by atoms with Crippen LogP contribution in [-0.4, -0.2) is 18.4 Å². The van der Waals surface area contributed by atoms with Crippen LogP contribution >= 0.6 is 0 Å². The number of nitrogens with one attached hydrogen (secondary N) is 1. The topological polar surface area (TPSA) is 58.6 Å². The molecule has 5 nitrogen and oxygen atoms in total. The number of hydrogen-bond acceptors (Lipinski definition) is 3. The molecular weight excluding hydrogens is 412 g/mol. The average molecular weight is 443 g/mol. The summed E-state index contributed by atoms with van der Waals surface area (Å²) in [5, 5.41) is 2.94. The van der Waals surface area contributed by atoms with E-state index in [1.807, 2.05) is 68.4 Å². The van der Waals surface area contributed by atoms with Gasteiger partial charge in [-0.05, 0) is 73.4 Å². The second-order valence-electron chi connectivity index (χ2n) is 9.05. The van der Waals surface area contributed by atoms with E-state index in [1.54, 1.807) is 4.90 Å². The molecule has 170 valence electrons. The molecule has 1 saturated heterocycles. The lowest BCUT2D eigenvalue weighted by Gasteiger charge is -2.17. The van der Waals surface area contributed by atoms with Crippen molar-refractivity contribution < 1.29 is 14.3 Å². The monoisotopic (exact) mass is 442 g/mol. The molecule has 1 aliphatic heterocycles. The molecule has 4 rings (SSSR count). The second kappa shape index (κ2) is 9.49. The molecule has 0 aromatic heterocycles. The van der Waals surface area contributed by atoms with Gasteiger partial charge in [0.15, 0.2) is 0 Å². The van der Waals surface area contributed by atoms with Crippen LogP contribution in [0.4, 0.5) is 11.4 Å². The predicted molar refractivity (Wildman–Crippen MR) is 132 cm³/mol. The van der Waals surface area contributed by atoms with Gasteiger partial charge in [-0.15, -0.1) is 0 Å². The van der Waals surface area contributed by atoms with Crippen molar-refractivity contribution in [2.75, 3.05) is 16.8 Å². The normalized spacial score (nSPS) is 15.7. The molecule has 0 spiro atoms. The zero-order valence-corrected chi connectivity index (χ0v) is 19.6. The van der Waals surface area contributed by atoms with Crippen molar-refractivity contribution in [2.45, 2.75) is 40.0 Å². The first-order chi connectivity index (χ1) is 15.8. The Kier molecular flexibility index (Phi) is 6.50. The summed E-state index contributed by atoms with van der Waals surface area (Å²) in [5.41, 5.74) is 4.95. The molecule has 5 heteroatoms. The highest BCUT2D eigenvalue weighted by atomic mass is 16.5. The first-order valence-corrected chi connectivity index (χ1v) is 11.4. The fourth-order valence-electron chi connectivity index (χ4n) is 4.04. The zero-order chi connectivity index (χ0) is 23.5. The van der Waals surface area contributed by atoms with Crippen molar-refractivity contribution in [3.63, 3.8) is 0 Å². The molecule has 3 aromatic rings. The first-order valence-electron chi connectivity index (χ1n) is 11.4. The van der Waals surface area contributed by atoms with Crippen LogP contribution in [0.15, 0.2) is 66.7 Å². The predicted octanol–water partition coefficient (Wildman–Crippen LogP) is 6.21. The van der Waals surface area contributed by atoms with Crippen LogP contribution < -0.4 is 15.0 Å². The van der Waals surface area contributed by atoms with Gasteiger partial charge in [-0.25, -0.2) is 0 Å². The molecule has 1 aliphatic rings. The third-order valence-electron chi connectivity index (χ3n) is 5.98. The number of anilines is 2. The summed E-state index contributed by atoms with van der Waals surface area (Å²) in [5.74, 6) is 1.36. The van der Waals surface area contributed by atoms with E-state index in [0.29, 0.717) is 23.9 Å². The molecule has 1 heterocycles. The highest BCUT2D eigenvalue weighted by molar-refractivity contribution is 6.03. The molecule has 33 heavy (non-hydrogen) atoms. The lowest BCUT2D eigenvalue weighted by molar-refractivity contribution is -0.122. The fourth-order valence-corrected chi connectivity index (χ4v) is 4.04. The van der Waals surface area contributed by atoms with Gasteiger partial charge in [-0.2, -0.15) is 0 Å². The second-order valence-corrected chi connectivity index (χ2v) is 9.05. The number of carbonyl (C=O) groups is 2. The molecule has 0 radical (unpaired) electrons. The summed E-state index contributed by atoms with van der Waals surface area (Å²) >= 11 is 0. The summed E-state index contributed by atoms with van der Waals surface area (Å²) < 4.78 is 6.13. The third-order valence-corrected chi connectivity index (χ3v) is 5.98. The minimum Gasteiger partial charge on any atom is -0.457 e. The van der Waals surface area contributed by atoms with Crippen LogP contribution in [0.1, 0.15) is 42.9 Å². The van der Waals surface area contributed by atoms with Gasteiger partial charge in [-0.1, -0.05) is 43.7 Å². The van der Waals surface area contributed by atoms with E-state index < -0.39 is 0 Å². The van der Waals surface area contributed by atoms with Crippen LogP contribution in [0, 0.1) is 19.8 Å². The van der Waals surface area contributed by atoms with Gasteiger partial charge in [-0.3, -0.25) is 9.59 Å². The molecular formula is C28H30N2O3. The van der Waals surface area contributed by atoms with E-state index in [0.717, 1.165) is 28.1 Å². The summed E-state index contributed by atoms with van der Waals surface area (Å²) in [6.45, 7) is 8.73. The molecule has 0 bridgehead atoms. The van der Waals surface area contributed by atoms with Crippen LogP contribution in [-0.2, 0) is 9.59 Å². The Morgan fingerprint density at radius 1 is 0.970 bits per heavy atom. The maximum absolute atomic E-state index is 12.8. The number of benzene rings is 3. The highest BCUT2D eigenvalue weighted by Crippen LogP contribution is 2.32. The summed E-state index contributed by atoms with van der Waals surface area (Å²) in [4.78, 5) is 27.0. The molecule has 0 saturated carbocycles. The van der Waals surface area contributed by atoms with Gasteiger partial charge in [0, 0.05) is 24.3 Å². The standard InChI is InChI=1S/C28H30N2O3/c1-18(2)25-14-7-20(4)15-26(25)33-24-12-8-22(9-13-24)29-28(32)21-16-27(31)30(17-21)23-10-5-19(3)6-11-23/h5-15,18,21H,16-17H2,1-4H3,(H,29,32)/t21-/m1/s1. The largest absolute Gasteiger partial charge is 0.457 e. The van der Waals surface area contributed by atoms with E-state index in [9.17, 15) is 9.59 Å². The molecule has 1 atom stereocenters. The van der Waals surface area contributed by atoms with Gasteiger partial charge in [0.2, 0.25) is 11.8 Å². The summed E-state index contributed by atoms with van der Waals surface area (Å²) in [6.07, 6.45) is 0.215. The number of amides is 2. The Balaban J connectivity index is 1.39. The quantitative estimate of drug-likeness (QED) is 0.494. The van der Waals surface area contributed by atoms with Crippen molar-refractivity contribution in [1.29, 1.82) is 0 Å². The lowest BCUT2D eigenvalue weighted by atomic mass is 10.0. The summed E-state index contributed by atoms with van der Waals surface area (Å²) in [7, 11) is 0. The van der Waals surface area contributed by atoms with Crippen molar-refractivity contribution in [1.82, 2.24) is 0 Å². The highest BCUT2D eigenvalue weighted by Gasteiger charge is 2.35. The average Bonchev–Trinajstić information content (AvgIpc) is 3.17. The molecule has 0 unspecified atom stereocenters. The van der Waals surface area contributed by atoms with Crippen LogP contribution in [0.5, 0.6) is 11.5 Å². The first kappa shape index (κ1) is 22.6. The SMILES string of the molecule is Cc1ccc(N2C[C@H](C(=O)Nc3ccc(Oc4cc(C)ccc4C(C)C)cc3)CC2=O)cc1. The molecule has 1 fully saturated rings. The number of rotatable bonds is 6. The molecule has 3 aromatic carbocycles. The number of aryl methyl sites for hydroxylation is 2. The smallest absolute Gasteiger partial charge is 0.229 e. The third kappa shape index (κ3) is 5.25. The Hall–Kier alpha value is -3.60. The maximum Gasteiger partial charge on any atom is 0.229 e. The Morgan fingerprint density at radius 2 is 1.64 bits per heavy atom. The molecule has 0 aliphatic carbocycles. The van der Waals surface area contributed by atoms with Crippen LogP contribution in [0.25, 0.3) is 0 Å². The Labute approximate surface area is 195 Å². The number of nitrogens with zero attached hydrogens (tertiary/aromatic N) is 1. The number of ether oxygens (including phenoxy) is 1. The molecule has 2 amide bonds. The van der Waals surface area contributed by atoms with Crippen molar-refractivity contribution in [3.8, 4) is 11.5 Å². The van der Waals surface area contributed by atoms with E-state index >= 15 is 0 Å². The summed E-state index contributed by atoms with van der Waals surface area (Å²) in [6, 6.07) is 21.4. The zero-order valence-electron chi connectivity index (χ0n) is 19.6. The van der Waals surface area contributed by atoms with Gasteiger partial charge in [0.1, 0.15) is 11.5 Å². The van der Waals surface area contributed by atoms with Gasteiger partial charge in [0.05, 0.1) is 5.92 Å². The number of hydrogen-bond donors (Lipinski definition) is 1. The Morgan fingerprint density at radius 3 is 2.30 bits per heavy atom. The van der Waals surface area contributed by atoms with E-state index in [-0.39, 0.29) is 24.2 Å². The fraction of sp³-hybridized carbons (Fsp3) is 0.286. The minimum atomic E-state index is -0.379. The van der Waals surface area contributed by atoms with Crippen molar-refractivity contribution in [3.05, 3.63) is 83.4 Å². The van der Waals surface area contributed by atoms with E-state index in [1.165, 1.54) is 0 Å². The van der Waals surface area contributed by atoms with Crippen LogP contribution in [0.3, 0.4) is 0 Å². The minimum absolute atomic E-state index is 0.0261. The maximum atomic E-state index is 12.8. The number of carbonyl (C=O) groups excluding carboxylic acids is 2. The van der Waals surface area contributed by atoms with Gasteiger partial charge in [0.25, 0.3) is 0 Å². The van der Waals surface area contributed by atoms with Crippen molar-refractivity contribution in [2.24, 2.45) is 5.92 Å². The molecule has 1 N–H and O–H groups in total. The van der Waals surface area contributed by atoms with Gasteiger partial charge >= 0.3 is 0 Å². The van der Waals surface area contributed by atoms with Crippen molar-refractivity contribution >= 4 is 23.2 Å². The van der Waals surface area contributed by atoms with Crippen LogP contribution in [0.2, 0.25) is 0 Å². The van der Waals surface area contributed by atoms with E-state index in [2.05, 4.69) is 31.3 Å². The lowest BCUT2D eigenvalue weighted by Crippen LogP contribution is -2.28.